The van der Waals surface area contributed by atoms with Gasteiger partial charge in [-0.2, -0.15) is 0 Å². The molecule has 0 aromatic heterocycles. The Kier molecular flexibility index (Phi) is 4.42. The highest BCUT2D eigenvalue weighted by atomic mass is 16.4. The molecule has 0 radical (unpaired) electrons. The van der Waals surface area contributed by atoms with Crippen LogP contribution in [0.4, 0.5) is 0 Å². The first kappa shape index (κ1) is 14.6. The van der Waals surface area contributed by atoms with Gasteiger partial charge < -0.3 is 10.0 Å². The number of carbonyl (C=O) groups is 2. The fourth-order valence-electron chi connectivity index (χ4n) is 2.56. The molecular weight excluding hydrogens is 254 g/mol. The van der Waals surface area contributed by atoms with Gasteiger partial charge >= 0.3 is 5.97 Å². The van der Waals surface area contributed by atoms with E-state index in [1.807, 2.05) is 24.3 Å². The Balaban J connectivity index is 2.08. The minimum atomic E-state index is -0.808. The molecule has 2 rings (SSSR count). The number of amides is 1. The summed E-state index contributed by atoms with van der Waals surface area (Å²) in [5.41, 5.74) is 1.84. The summed E-state index contributed by atoms with van der Waals surface area (Å²) in [5.74, 6) is -0.864. The predicted octanol–water partition coefficient (Wildman–Crippen LogP) is 2.75. The molecule has 1 aromatic carbocycles. The second-order valence-electron chi connectivity index (χ2n) is 5.71. The van der Waals surface area contributed by atoms with Gasteiger partial charge in [-0.05, 0) is 36.5 Å². The molecular formula is C16H21NO3. The predicted molar refractivity (Wildman–Crippen MR) is 76.8 cm³/mol. The third-order valence-corrected chi connectivity index (χ3v) is 3.88. The Morgan fingerprint density at radius 1 is 1.25 bits per heavy atom. The van der Waals surface area contributed by atoms with Crippen LogP contribution < -0.4 is 0 Å². The van der Waals surface area contributed by atoms with E-state index in [2.05, 4.69) is 13.8 Å². The van der Waals surface area contributed by atoms with E-state index in [9.17, 15) is 9.59 Å². The van der Waals surface area contributed by atoms with Crippen molar-refractivity contribution in [2.24, 2.45) is 5.92 Å². The van der Waals surface area contributed by atoms with Crippen molar-refractivity contribution in [1.29, 1.82) is 0 Å². The number of rotatable bonds is 3. The number of piperidine rings is 1. The number of hydrogen-bond acceptors (Lipinski definition) is 2. The van der Waals surface area contributed by atoms with Gasteiger partial charge in [0.05, 0.1) is 5.92 Å². The van der Waals surface area contributed by atoms with Crippen LogP contribution >= 0.6 is 0 Å². The van der Waals surface area contributed by atoms with E-state index in [1.165, 1.54) is 5.56 Å². The van der Waals surface area contributed by atoms with Crippen LogP contribution in [0.2, 0.25) is 0 Å². The number of benzene rings is 1. The van der Waals surface area contributed by atoms with Crippen LogP contribution in [0, 0.1) is 5.92 Å². The Labute approximate surface area is 119 Å². The summed E-state index contributed by atoms with van der Waals surface area (Å²) in [4.78, 5) is 25.1. The van der Waals surface area contributed by atoms with E-state index in [0.29, 0.717) is 31.0 Å². The summed E-state index contributed by atoms with van der Waals surface area (Å²) in [6.07, 6.45) is 1.41. The molecule has 1 fully saturated rings. The van der Waals surface area contributed by atoms with Gasteiger partial charge in [-0.3, -0.25) is 9.59 Å². The van der Waals surface area contributed by atoms with E-state index in [0.717, 1.165) is 6.42 Å². The van der Waals surface area contributed by atoms with Crippen LogP contribution in [0.3, 0.4) is 0 Å². The zero-order chi connectivity index (χ0) is 14.7. The molecule has 1 amide bonds. The van der Waals surface area contributed by atoms with Gasteiger partial charge in [0, 0.05) is 18.7 Å². The highest BCUT2D eigenvalue weighted by molar-refractivity contribution is 5.94. The molecule has 0 saturated carbocycles. The first-order valence-corrected chi connectivity index (χ1v) is 7.11. The standard InChI is InChI=1S/C16H21NO3/c1-11(2)12-5-7-13(8-6-12)15(18)17-9-3-4-14(10-17)16(19)20/h5-8,11,14H,3-4,9-10H2,1-2H3,(H,19,20)/t14-/m0/s1. The molecule has 20 heavy (non-hydrogen) atoms. The van der Waals surface area contributed by atoms with Gasteiger partial charge in [0.25, 0.3) is 5.91 Å². The van der Waals surface area contributed by atoms with E-state index < -0.39 is 11.9 Å². The quantitative estimate of drug-likeness (QED) is 0.922. The van der Waals surface area contributed by atoms with Crippen LogP contribution in [0.1, 0.15) is 48.5 Å². The third kappa shape index (κ3) is 3.18. The van der Waals surface area contributed by atoms with E-state index in [1.54, 1.807) is 4.90 Å². The minimum absolute atomic E-state index is 0.0637. The van der Waals surface area contributed by atoms with Gasteiger partial charge in [-0.1, -0.05) is 26.0 Å². The molecule has 1 heterocycles. The average molecular weight is 275 g/mol. The molecule has 4 heteroatoms. The Bertz CT molecular complexity index is 493. The summed E-state index contributed by atoms with van der Waals surface area (Å²) in [5, 5.41) is 9.07. The Morgan fingerprint density at radius 2 is 1.90 bits per heavy atom. The van der Waals surface area contributed by atoms with Crippen molar-refractivity contribution in [3.05, 3.63) is 35.4 Å². The monoisotopic (exact) mass is 275 g/mol. The fraction of sp³-hybridized carbons (Fsp3) is 0.500. The van der Waals surface area contributed by atoms with Crippen molar-refractivity contribution in [2.75, 3.05) is 13.1 Å². The van der Waals surface area contributed by atoms with Crippen molar-refractivity contribution in [3.63, 3.8) is 0 Å². The zero-order valence-corrected chi connectivity index (χ0v) is 12.0. The number of aliphatic carboxylic acids is 1. The second kappa shape index (κ2) is 6.07. The lowest BCUT2D eigenvalue weighted by Gasteiger charge is -2.30. The highest BCUT2D eigenvalue weighted by Crippen LogP contribution is 2.20. The van der Waals surface area contributed by atoms with Crippen molar-refractivity contribution < 1.29 is 14.7 Å². The molecule has 0 unspecified atom stereocenters. The average Bonchev–Trinajstić information content (AvgIpc) is 2.46. The van der Waals surface area contributed by atoms with Gasteiger partial charge in [-0.15, -0.1) is 0 Å². The van der Waals surface area contributed by atoms with Crippen molar-refractivity contribution in [2.45, 2.75) is 32.6 Å². The van der Waals surface area contributed by atoms with Crippen molar-refractivity contribution in [3.8, 4) is 0 Å². The van der Waals surface area contributed by atoms with E-state index in [4.69, 9.17) is 5.11 Å². The Morgan fingerprint density at radius 3 is 2.45 bits per heavy atom. The summed E-state index contributed by atoms with van der Waals surface area (Å²) >= 11 is 0. The number of hydrogen-bond donors (Lipinski definition) is 1. The summed E-state index contributed by atoms with van der Waals surface area (Å²) < 4.78 is 0. The van der Waals surface area contributed by atoms with Gasteiger partial charge in [0.1, 0.15) is 0 Å². The van der Waals surface area contributed by atoms with E-state index in [-0.39, 0.29) is 5.91 Å². The van der Waals surface area contributed by atoms with Crippen molar-refractivity contribution >= 4 is 11.9 Å². The first-order chi connectivity index (χ1) is 9.49. The molecule has 108 valence electrons. The summed E-state index contributed by atoms with van der Waals surface area (Å²) in [6.45, 7) is 5.19. The number of carboxylic acids is 1. The highest BCUT2D eigenvalue weighted by Gasteiger charge is 2.28. The normalized spacial score (nSPS) is 19.1. The lowest BCUT2D eigenvalue weighted by molar-refractivity contribution is -0.143. The van der Waals surface area contributed by atoms with Crippen LogP contribution in [-0.4, -0.2) is 35.0 Å². The largest absolute Gasteiger partial charge is 0.481 e. The summed E-state index contributed by atoms with van der Waals surface area (Å²) in [6, 6.07) is 7.61. The Hall–Kier alpha value is -1.84. The maximum atomic E-state index is 12.4. The zero-order valence-electron chi connectivity index (χ0n) is 12.0. The van der Waals surface area contributed by atoms with Gasteiger partial charge in [-0.25, -0.2) is 0 Å². The first-order valence-electron chi connectivity index (χ1n) is 7.11. The lowest BCUT2D eigenvalue weighted by atomic mass is 9.97. The maximum Gasteiger partial charge on any atom is 0.308 e. The van der Waals surface area contributed by atoms with Crippen LogP contribution in [0.25, 0.3) is 0 Å². The SMILES string of the molecule is CC(C)c1ccc(C(=O)N2CCC[C@H](C(=O)O)C2)cc1. The lowest BCUT2D eigenvalue weighted by Crippen LogP contribution is -2.42. The molecule has 4 nitrogen and oxygen atoms in total. The second-order valence-corrected chi connectivity index (χ2v) is 5.71. The van der Waals surface area contributed by atoms with Crippen molar-refractivity contribution in [1.82, 2.24) is 4.90 Å². The fourth-order valence-corrected chi connectivity index (χ4v) is 2.56. The van der Waals surface area contributed by atoms with Gasteiger partial charge in [0.15, 0.2) is 0 Å². The molecule has 1 N–H and O–H groups in total. The number of carboxylic acid groups (broad SMARTS) is 1. The molecule has 1 saturated heterocycles. The number of likely N-dealkylation sites (tertiary alicyclic amines) is 1. The van der Waals surface area contributed by atoms with Gasteiger partial charge in [0.2, 0.25) is 0 Å². The molecule has 1 aliphatic rings. The topological polar surface area (TPSA) is 57.6 Å². The molecule has 0 spiro atoms. The minimum Gasteiger partial charge on any atom is -0.481 e. The van der Waals surface area contributed by atoms with Crippen LogP contribution in [-0.2, 0) is 4.79 Å². The molecule has 1 aliphatic heterocycles. The van der Waals surface area contributed by atoms with Crippen LogP contribution in [0.5, 0.6) is 0 Å². The number of nitrogens with zero attached hydrogens (tertiary/aromatic N) is 1. The number of carbonyl (C=O) groups excluding carboxylic acids is 1. The smallest absolute Gasteiger partial charge is 0.308 e. The molecule has 0 aliphatic carbocycles. The molecule has 0 bridgehead atoms. The van der Waals surface area contributed by atoms with E-state index >= 15 is 0 Å². The maximum absolute atomic E-state index is 12.4. The third-order valence-electron chi connectivity index (χ3n) is 3.88. The molecule has 1 atom stereocenters. The molecule has 1 aromatic rings. The summed E-state index contributed by atoms with van der Waals surface area (Å²) in [7, 11) is 0. The van der Waals surface area contributed by atoms with Crippen LogP contribution in [0.15, 0.2) is 24.3 Å².